The van der Waals surface area contributed by atoms with Gasteiger partial charge in [-0.3, -0.25) is 14.0 Å². The molecule has 0 unspecified atom stereocenters. The molecule has 0 saturated carbocycles. The quantitative estimate of drug-likeness (QED) is 0.457. The van der Waals surface area contributed by atoms with Crippen LogP contribution in [0.1, 0.15) is 5.56 Å². The fourth-order valence-corrected chi connectivity index (χ4v) is 5.74. The molecule has 0 aromatic heterocycles. The minimum atomic E-state index is -4.00. The van der Waals surface area contributed by atoms with E-state index in [0.29, 0.717) is 24.5 Å². The second-order valence-electron chi connectivity index (χ2n) is 8.29. The number of piperazine rings is 1. The number of amides is 1. The Morgan fingerprint density at radius 3 is 2.17 bits per heavy atom. The van der Waals surface area contributed by atoms with Crippen molar-refractivity contribution >= 4 is 33.2 Å². The van der Waals surface area contributed by atoms with Gasteiger partial charge in [-0.2, -0.15) is 0 Å². The van der Waals surface area contributed by atoms with Crippen molar-refractivity contribution in [1.29, 1.82) is 0 Å². The van der Waals surface area contributed by atoms with Crippen LogP contribution in [0.3, 0.4) is 0 Å². The van der Waals surface area contributed by atoms with E-state index >= 15 is 0 Å². The molecule has 0 bridgehead atoms. The Balaban J connectivity index is 1.51. The zero-order valence-electron chi connectivity index (χ0n) is 19.5. The molecule has 184 valence electrons. The van der Waals surface area contributed by atoms with Crippen molar-refractivity contribution in [2.45, 2.75) is 11.4 Å². The molecule has 9 heteroatoms. The van der Waals surface area contributed by atoms with Crippen LogP contribution in [0.25, 0.3) is 0 Å². The molecule has 0 aliphatic carbocycles. The van der Waals surface area contributed by atoms with Crippen molar-refractivity contribution in [2.75, 3.05) is 44.1 Å². The average molecular weight is 514 g/mol. The lowest BCUT2D eigenvalue weighted by molar-refractivity contribution is -0.131. The monoisotopic (exact) mass is 513 g/mol. The highest BCUT2D eigenvalue weighted by molar-refractivity contribution is 7.92. The summed E-state index contributed by atoms with van der Waals surface area (Å²) < 4.78 is 33.4. The van der Waals surface area contributed by atoms with Gasteiger partial charge in [-0.1, -0.05) is 60.1 Å². The summed E-state index contributed by atoms with van der Waals surface area (Å²) in [7, 11) is -2.51. The van der Waals surface area contributed by atoms with Crippen LogP contribution in [0.2, 0.25) is 5.02 Å². The number of anilines is 1. The highest BCUT2D eigenvalue weighted by atomic mass is 35.5. The summed E-state index contributed by atoms with van der Waals surface area (Å²) >= 11 is 6.29. The minimum absolute atomic E-state index is 0.104. The van der Waals surface area contributed by atoms with E-state index in [9.17, 15) is 13.2 Å². The third-order valence-electron chi connectivity index (χ3n) is 6.01. The fourth-order valence-electron chi connectivity index (χ4n) is 4.07. The molecule has 1 aliphatic heterocycles. The molecule has 35 heavy (non-hydrogen) atoms. The van der Waals surface area contributed by atoms with E-state index in [1.165, 1.54) is 30.9 Å². The predicted octanol–water partition coefficient (Wildman–Crippen LogP) is 3.89. The molecular formula is C26H28ClN3O4S. The Kier molecular flexibility index (Phi) is 7.95. The number of nitrogens with zero attached hydrogens (tertiary/aromatic N) is 3. The largest absolute Gasteiger partial charge is 0.495 e. The summed E-state index contributed by atoms with van der Waals surface area (Å²) in [6, 6.07) is 23.0. The van der Waals surface area contributed by atoms with Gasteiger partial charge in [0.2, 0.25) is 5.91 Å². The molecule has 1 heterocycles. The molecule has 0 atom stereocenters. The van der Waals surface area contributed by atoms with E-state index in [-0.39, 0.29) is 22.4 Å². The number of halogens is 1. The Morgan fingerprint density at radius 2 is 1.57 bits per heavy atom. The first kappa shape index (κ1) is 25.0. The number of benzene rings is 3. The Morgan fingerprint density at radius 1 is 0.943 bits per heavy atom. The molecule has 0 radical (unpaired) electrons. The molecule has 4 rings (SSSR count). The topological polar surface area (TPSA) is 70.2 Å². The second kappa shape index (κ2) is 11.1. The SMILES string of the molecule is COc1ccc(N(CC(=O)N2CCN(Cc3ccccc3)CC2)S(=O)(=O)c2ccccc2)cc1Cl. The van der Waals surface area contributed by atoms with Crippen molar-refractivity contribution < 1.29 is 17.9 Å². The Labute approximate surface area is 211 Å². The van der Waals surface area contributed by atoms with Crippen LogP contribution in [-0.2, 0) is 21.4 Å². The van der Waals surface area contributed by atoms with Crippen LogP contribution < -0.4 is 9.04 Å². The maximum Gasteiger partial charge on any atom is 0.264 e. The van der Waals surface area contributed by atoms with Gasteiger partial charge >= 0.3 is 0 Å². The van der Waals surface area contributed by atoms with Gasteiger partial charge in [-0.05, 0) is 35.9 Å². The van der Waals surface area contributed by atoms with Crippen LogP contribution in [0, 0.1) is 0 Å². The van der Waals surface area contributed by atoms with Crippen LogP contribution in [-0.4, -0.2) is 64.0 Å². The molecule has 1 saturated heterocycles. The zero-order valence-corrected chi connectivity index (χ0v) is 21.1. The highest BCUT2D eigenvalue weighted by Gasteiger charge is 2.30. The van der Waals surface area contributed by atoms with E-state index in [2.05, 4.69) is 17.0 Å². The summed E-state index contributed by atoms with van der Waals surface area (Å²) in [5.74, 6) is 0.171. The second-order valence-corrected chi connectivity index (χ2v) is 10.6. The van der Waals surface area contributed by atoms with Gasteiger partial charge in [0.25, 0.3) is 10.0 Å². The molecule has 0 N–H and O–H groups in total. The molecule has 1 aliphatic rings. The van der Waals surface area contributed by atoms with Crippen molar-refractivity contribution in [1.82, 2.24) is 9.80 Å². The number of hydrogen-bond donors (Lipinski definition) is 0. The van der Waals surface area contributed by atoms with Gasteiger partial charge in [0.05, 0.1) is 22.7 Å². The first-order valence-corrected chi connectivity index (χ1v) is 13.2. The van der Waals surface area contributed by atoms with E-state index in [0.717, 1.165) is 23.9 Å². The molecule has 0 spiro atoms. The molecule has 3 aromatic carbocycles. The number of methoxy groups -OCH3 is 1. The van der Waals surface area contributed by atoms with E-state index in [1.807, 2.05) is 18.2 Å². The van der Waals surface area contributed by atoms with Gasteiger partial charge in [0.1, 0.15) is 12.3 Å². The van der Waals surface area contributed by atoms with Crippen LogP contribution in [0.15, 0.2) is 83.8 Å². The number of rotatable bonds is 8. The Bertz CT molecular complexity index is 1250. The van der Waals surface area contributed by atoms with Crippen LogP contribution in [0.4, 0.5) is 5.69 Å². The van der Waals surface area contributed by atoms with Crippen molar-refractivity contribution in [3.8, 4) is 5.75 Å². The standard InChI is InChI=1S/C26H28ClN3O4S/c1-34-25-13-12-22(18-24(25)27)30(35(32,33)23-10-6-3-7-11-23)20-26(31)29-16-14-28(15-17-29)19-21-8-4-2-5-9-21/h2-13,18H,14-17,19-20H2,1H3. The molecular weight excluding hydrogens is 486 g/mol. The summed E-state index contributed by atoms with van der Waals surface area (Å²) in [4.78, 5) is 17.4. The first-order chi connectivity index (χ1) is 16.9. The molecule has 1 amide bonds. The van der Waals surface area contributed by atoms with Crippen molar-refractivity contribution in [3.63, 3.8) is 0 Å². The van der Waals surface area contributed by atoms with Crippen molar-refractivity contribution in [2.24, 2.45) is 0 Å². The lowest BCUT2D eigenvalue weighted by Crippen LogP contribution is -2.51. The first-order valence-electron chi connectivity index (χ1n) is 11.3. The number of carbonyl (C=O) groups is 1. The summed E-state index contributed by atoms with van der Waals surface area (Å²) in [6.07, 6.45) is 0. The third kappa shape index (κ3) is 5.96. The number of hydrogen-bond acceptors (Lipinski definition) is 5. The number of ether oxygens (including phenoxy) is 1. The molecule has 3 aromatic rings. The van der Waals surface area contributed by atoms with E-state index in [4.69, 9.17) is 16.3 Å². The number of carbonyl (C=O) groups excluding carboxylic acids is 1. The maximum atomic E-state index is 13.5. The van der Waals surface area contributed by atoms with E-state index < -0.39 is 10.0 Å². The predicted molar refractivity (Wildman–Crippen MR) is 137 cm³/mol. The lowest BCUT2D eigenvalue weighted by Gasteiger charge is -2.36. The summed E-state index contributed by atoms with van der Waals surface area (Å²) in [5, 5.41) is 0.264. The maximum absolute atomic E-state index is 13.5. The van der Waals surface area contributed by atoms with Crippen LogP contribution in [0.5, 0.6) is 5.75 Å². The van der Waals surface area contributed by atoms with Gasteiger partial charge in [-0.15, -0.1) is 0 Å². The third-order valence-corrected chi connectivity index (χ3v) is 8.09. The summed E-state index contributed by atoms with van der Waals surface area (Å²) in [6.45, 7) is 3.02. The minimum Gasteiger partial charge on any atom is -0.495 e. The fraction of sp³-hybridized carbons (Fsp3) is 0.269. The van der Waals surface area contributed by atoms with Crippen LogP contribution >= 0.6 is 11.6 Å². The van der Waals surface area contributed by atoms with Gasteiger partial charge < -0.3 is 9.64 Å². The highest BCUT2D eigenvalue weighted by Crippen LogP contribution is 2.32. The zero-order chi connectivity index (χ0) is 24.8. The van der Waals surface area contributed by atoms with Gasteiger partial charge in [0, 0.05) is 32.7 Å². The Hall–Kier alpha value is -3.07. The average Bonchev–Trinajstić information content (AvgIpc) is 2.88. The number of sulfonamides is 1. The van der Waals surface area contributed by atoms with Gasteiger partial charge in [-0.25, -0.2) is 8.42 Å². The summed E-state index contributed by atoms with van der Waals surface area (Å²) in [5.41, 5.74) is 1.53. The van der Waals surface area contributed by atoms with E-state index in [1.54, 1.807) is 35.2 Å². The van der Waals surface area contributed by atoms with Crippen molar-refractivity contribution in [3.05, 3.63) is 89.4 Å². The smallest absolute Gasteiger partial charge is 0.264 e. The lowest BCUT2D eigenvalue weighted by atomic mass is 10.2. The van der Waals surface area contributed by atoms with Gasteiger partial charge in [0.15, 0.2) is 0 Å². The molecule has 1 fully saturated rings. The molecule has 7 nitrogen and oxygen atoms in total. The normalized spacial score (nSPS) is 14.5.